The minimum atomic E-state index is 0.216. The predicted octanol–water partition coefficient (Wildman–Crippen LogP) is 0.981. The SMILES string of the molecule is C[C@@H]1CN(C(=O)CCOC[C@@H]2CCCO2)C[C@@H]1N(C)C. The second kappa shape index (κ2) is 7.38. The number of likely N-dealkylation sites (N-methyl/N-ethyl adjacent to an activating group) is 1. The standard InChI is InChI=1S/C15H28N2O3/c1-12-9-17(10-14(12)16(2)3)15(18)6-8-19-11-13-5-4-7-20-13/h12-14H,4-11H2,1-3H3/t12-,13+,14+/m1/s1. The largest absolute Gasteiger partial charge is 0.378 e. The van der Waals surface area contributed by atoms with Crippen molar-refractivity contribution in [1.82, 2.24) is 9.80 Å². The van der Waals surface area contributed by atoms with E-state index in [9.17, 15) is 4.79 Å². The molecule has 0 bridgehead atoms. The van der Waals surface area contributed by atoms with Gasteiger partial charge in [0.25, 0.3) is 0 Å². The van der Waals surface area contributed by atoms with Crippen LogP contribution in [0.2, 0.25) is 0 Å². The molecule has 2 saturated heterocycles. The Kier molecular flexibility index (Phi) is 5.81. The van der Waals surface area contributed by atoms with Crippen LogP contribution in [0.3, 0.4) is 0 Å². The molecule has 2 aliphatic heterocycles. The van der Waals surface area contributed by atoms with Gasteiger partial charge in [-0.1, -0.05) is 6.92 Å². The molecule has 0 aromatic heterocycles. The van der Waals surface area contributed by atoms with Gasteiger partial charge in [0, 0.05) is 25.7 Å². The van der Waals surface area contributed by atoms with E-state index in [0.717, 1.165) is 32.5 Å². The molecular weight excluding hydrogens is 256 g/mol. The number of rotatable bonds is 6. The van der Waals surface area contributed by atoms with Crippen LogP contribution >= 0.6 is 0 Å². The van der Waals surface area contributed by atoms with E-state index in [4.69, 9.17) is 9.47 Å². The van der Waals surface area contributed by atoms with Crippen LogP contribution in [0.1, 0.15) is 26.2 Å². The highest BCUT2D eigenvalue weighted by atomic mass is 16.5. The van der Waals surface area contributed by atoms with E-state index in [1.807, 2.05) is 4.90 Å². The molecule has 0 aliphatic carbocycles. The number of ether oxygens (including phenoxy) is 2. The Balaban J connectivity index is 1.62. The minimum Gasteiger partial charge on any atom is -0.378 e. The fourth-order valence-electron chi connectivity index (χ4n) is 3.13. The van der Waals surface area contributed by atoms with Crippen molar-refractivity contribution in [3.8, 4) is 0 Å². The molecule has 0 unspecified atom stereocenters. The van der Waals surface area contributed by atoms with Crippen LogP contribution in [0, 0.1) is 5.92 Å². The van der Waals surface area contributed by atoms with Gasteiger partial charge in [0.2, 0.25) is 5.91 Å². The van der Waals surface area contributed by atoms with E-state index in [0.29, 0.717) is 31.6 Å². The van der Waals surface area contributed by atoms with Crippen molar-refractivity contribution in [2.45, 2.75) is 38.3 Å². The van der Waals surface area contributed by atoms with Crippen LogP contribution in [-0.2, 0) is 14.3 Å². The van der Waals surface area contributed by atoms with E-state index in [-0.39, 0.29) is 12.0 Å². The van der Waals surface area contributed by atoms with Crippen molar-refractivity contribution < 1.29 is 14.3 Å². The average molecular weight is 284 g/mol. The maximum absolute atomic E-state index is 12.2. The smallest absolute Gasteiger partial charge is 0.224 e. The quantitative estimate of drug-likeness (QED) is 0.682. The highest BCUT2D eigenvalue weighted by molar-refractivity contribution is 5.76. The van der Waals surface area contributed by atoms with E-state index in [1.165, 1.54) is 0 Å². The lowest BCUT2D eigenvalue weighted by molar-refractivity contribution is -0.131. The van der Waals surface area contributed by atoms with Crippen LogP contribution in [0.5, 0.6) is 0 Å². The lowest BCUT2D eigenvalue weighted by Crippen LogP contribution is -2.36. The van der Waals surface area contributed by atoms with Gasteiger partial charge in [-0.05, 0) is 32.9 Å². The van der Waals surface area contributed by atoms with E-state index in [1.54, 1.807) is 0 Å². The van der Waals surface area contributed by atoms with Gasteiger partial charge in [0.1, 0.15) is 0 Å². The Morgan fingerprint density at radius 3 is 2.80 bits per heavy atom. The Morgan fingerprint density at radius 1 is 1.40 bits per heavy atom. The maximum Gasteiger partial charge on any atom is 0.224 e. The topological polar surface area (TPSA) is 42.0 Å². The van der Waals surface area contributed by atoms with Crippen molar-refractivity contribution in [2.75, 3.05) is 47.0 Å². The monoisotopic (exact) mass is 284 g/mol. The van der Waals surface area contributed by atoms with E-state index < -0.39 is 0 Å². The summed E-state index contributed by atoms with van der Waals surface area (Å²) >= 11 is 0. The molecule has 0 spiro atoms. The first-order valence-corrected chi connectivity index (χ1v) is 7.71. The maximum atomic E-state index is 12.2. The zero-order valence-corrected chi connectivity index (χ0v) is 13.0. The highest BCUT2D eigenvalue weighted by Crippen LogP contribution is 2.20. The molecule has 2 rings (SSSR count). The summed E-state index contributed by atoms with van der Waals surface area (Å²) in [5.74, 6) is 0.760. The normalized spacial score (nSPS) is 30.4. The fourth-order valence-corrected chi connectivity index (χ4v) is 3.13. The second-order valence-electron chi connectivity index (χ2n) is 6.27. The molecule has 0 aromatic rings. The lowest BCUT2D eigenvalue weighted by Gasteiger charge is -2.22. The molecule has 0 radical (unpaired) electrons. The van der Waals surface area contributed by atoms with Gasteiger partial charge >= 0.3 is 0 Å². The third kappa shape index (κ3) is 4.17. The molecule has 20 heavy (non-hydrogen) atoms. The second-order valence-corrected chi connectivity index (χ2v) is 6.27. The van der Waals surface area contributed by atoms with Gasteiger partial charge in [-0.15, -0.1) is 0 Å². The lowest BCUT2D eigenvalue weighted by atomic mass is 10.1. The van der Waals surface area contributed by atoms with Gasteiger partial charge in [-0.25, -0.2) is 0 Å². The van der Waals surface area contributed by atoms with E-state index >= 15 is 0 Å². The molecule has 116 valence electrons. The molecule has 2 fully saturated rings. The first-order valence-electron chi connectivity index (χ1n) is 7.71. The summed E-state index contributed by atoms with van der Waals surface area (Å²) in [5.41, 5.74) is 0. The average Bonchev–Trinajstić information content (AvgIpc) is 3.03. The number of hydrogen-bond donors (Lipinski definition) is 0. The van der Waals surface area contributed by atoms with Crippen LogP contribution in [0.15, 0.2) is 0 Å². The van der Waals surface area contributed by atoms with Gasteiger partial charge in [0.15, 0.2) is 0 Å². The van der Waals surface area contributed by atoms with Crippen LogP contribution < -0.4 is 0 Å². The van der Waals surface area contributed by atoms with Gasteiger partial charge in [0.05, 0.1) is 25.7 Å². The summed E-state index contributed by atoms with van der Waals surface area (Å²) in [6, 6.07) is 0.478. The van der Waals surface area contributed by atoms with Gasteiger partial charge in [-0.2, -0.15) is 0 Å². The Labute approximate surface area is 122 Å². The Morgan fingerprint density at radius 2 is 2.20 bits per heavy atom. The molecule has 3 atom stereocenters. The molecule has 0 saturated carbocycles. The zero-order valence-electron chi connectivity index (χ0n) is 13.0. The van der Waals surface area contributed by atoms with E-state index in [2.05, 4.69) is 25.9 Å². The molecule has 1 amide bonds. The first-order chi connectivity index (χ1) is 9.58. The summed E-state index contributed by atoms with van der Waals surface area (Å²) in [4.78, 5) is 16.3. The van der Waals surface area contributed by atoms with Crippen LogP contribution in [-0.4, -0.2) is 74.9 Å². The van der Waals surface area contributed by atoms with Gasteiger partial charge in [-0.3, -0.25) is 4.79 Å². The van der Waals surface area contributed by atoms with Crippen molar-refractivity contribution in [3.05, 3.63) is 0 Å². The van der Waals surface area contributed by atoms with Crippen LogP contribution in [0.25, 0.3) is 0 Å². The summed E-state index contributed by atoms with van der Waals surface area (Å²) in [6.07, 6.45) is 2.95. The highest BCUT2D eigenvalue weighted by Gasteiger charge is 2.33. The third-order valence-electron chi connectivity index (χ3n) is 4.38. The summed E-state index contributed by atoms with van der Waals surface area (Å²) in [6.45, 7) is 5.92. The molecule has 2 aliphatic rings. The minimum absolute atomic E-state index is 0.216. The molecule has 2 heterocycles. The number of amides is 1. The fraction of sp³-hybridized carbons (Fsp3) is 0.933. The number of carbonyl (C=O) groups excluding carboxylic acids is 1. The Hall–Kier alpha value is -0.650. The summed E-state index contributed by atoms with van der Waals surface area (Å²) in [7, 11) is 4.17. The van der Waals surface area contributed by atoms with Gasteiger partial charge < -0.3 is 19.3 Å². The van der Waals surface area contributed by atoms with Crippen molar-refractivity contribution in [1.29, 1.82) is 0 Å². The molecular formula is C15H28N2O3. The number of hydrogen-bond acceptors (Lipinski definition) is 4. The first kappa shape index (κ1) is 15.7. The predicted molar refractivity (Wildman–Crippen MR) is 77.6 cm³/mol. The molecule has 0 aromatic carbocycles. The summed E-state index contributed by atoms with van der Waals surface area (Å²) < 4.78 is 11.1. The van der Waals surface area contributed by atoms with Crippen molar-refractivity contribution >= 4 is 5.91 Å². The third-order valence-corrected chi connectivity index (χ3v) is 4.38. The number of nitrogens with zero attached hydrogens (tertiary/aromatic N) is 2. The molecule has 5 nitrogen and oxygen atoms in total. The number of likely N-dealkylation sites (tertiary alicyclic amines) is 1. The van der Waals surface area contributed by atoms with Crippen LogP contribution in [0.4, 0.5) is 0 Å². The molecule has 0 N–H and O–H groups in total. The van der Waals surface area contributed by atoms with Crippen molar-refractivity contribution in [2.24, 2.45) is 5.92 Å². The van der Waals surface area contributed by atoms with Crippen molar-refractivity contribution in [3.63, 3.8) is 0 Å². The molecule has 5 heteroatoms. The Bertz CT molecular complexity index is 316. The summed E-state index contributed by atoms with van der Waals surface area (Å²) in [5, 5.41) is 0. The zero-order chi connectivity index (χ0) is 14.5. The number of carbonyl (C=O) groups is 1.